The van der Waals surface area contributed by atoms with E-state index in [0.717, 1.165) is 29.5 Å². The second-order valence-electron chi connectivity index (χ2n) is 6.24. The molecule has 0 spiro atoms. The van der Waals surface area contributed by atoms with Crippen molar-refractivity contribution in [3.8, 4) is 22.6 Å². The highest BCUT2D eigenvalue weighted by molar-refractivity contribution is 5.78. The van der Waals surface area contributed by atoms with Crippen LogP contribution < -0.4 is 0 Å². The SMILES string of the molecule is Oc1ccc(O)c(C23C=CC(CC2)C3)c1-c1ccccc1. The minimum Gasteiger partial charge on any atom is -0.508 e. The third-order valence-corrected chi connectivity index (χ3v) is 5.00. The summed E-state index contributed by atoms with van der Waals surface area (Å²) in [5.74, 6) is 1.15. The summed E-state index contributed by atoms with van der Waals surface area (Å²) in [6.45, 7) is 0. The lowest BCUT2D eigenvalue weighted by Gasteiger charge is -2.28. The number of benzene rings is 2. The molecule has 2 atom stereocenters. The van der Waals surface area contributed by atoms with Gasteiger partial charge in [-0.25, -0.2) is 0 Å². The molecule has 2 aliphatic rings. The zero-order valence-electron chi connectivity index (χ0n) is 11.8. The van der Waals surface area contributed by atoms with E-state index in [4.69, 9.17) is 0 Å². The Morgan fingerprint density at radius 1 is 0.952 bits per heavy atom. The first kappa shape index (κ1) is 12.5. The van der Waals surface area contributed by atoms with Gasteiger partial charge < -0.3 is 10.2 Å². The van der Waals surface area contributed by atoms with E-state index in [1.54, 1.807) is 12.1 Å². The molecule has 2 bridgehead atoms. The van der Waals surface area contributed by atoms with E-state index in [2.05, 4.69) is 12.2 Å². The molecule has 1 fully saturated rings. The summed E-state index contributed by atoms with van der Waals surface area (Å²) in [5, 5.41) is 20.9. The molecule has 2 aliphatic carbocycles. The lowest BCUT2D eigenvalue weighted by Crippen LogP contribution is -2.19. The highest BCUT2D eigenvalue weighted by Gasteiger charge is 2.45. The third kappa shape index (κ3) is 1.79. The molecule has 2 N–H and O–H groups in total. The van der Waals surface area contributed by atoms with Crippen molar-refractivity contribution in [2.75, 3.05) is 0 Å². The Balaban J connectivity index is 1.99. The predicted octanol–water partition coefficient (Wildman–Crippen LogP) is 4.37. The minimum absolute atomic E-state index is 0.112. The van der Waals surface area contributed by atoms with Gasteiger partial charge in [0.1, 0.15) is 11.5 Å². The number of rotatable bonds is 2. The van der Waals surface area contributed by atoms with Crippen molar-refractivity contribution >= 4 is 0 Å². The summed E-state index contributed by atoms with van der Waals surface area (Å²) in [6.07, 6.45) is 7.76. The molecule has 2 aromatic rings. The molecule has 2 heteroatoms. The molecule has 1 saturated carbocycles. The number of phenols is 2. The molecule has 0 radical (unpaired) electrons. The Bertz CT molecular complexity index is 718. The maximum Gasteiger partial charge on any atom is 0.123 e. The first-order valence-corrected chi connectivity index (χ1v) is 7.50. The fraction of sp³-hybridized carbons (Fsp3) is 0.263. The van der Waals surface area contributed by atoms with Crippen molar-refractivity contribution in [3.63, 3.8) is 0 Å². The minimum atomic E-state index is -0.112. The molecule has 0 aromatic heterocycles. The van der Waals surface area contributed by atoms with Crippen LogP contribution >= 0.6 is 0 Å². The van der Waals surface area contributed by atoms with Crippen LogP contribution in [0.15, 0.2) is 54.6 Å². The quantitative estimate of drug-likeness (QED) is 0.632. The average Bonchev–Trinajstić information content (AvgIpc) is 3.11. The van der Waals surface area contributed by atoms with Crippen molar-refractivity contribution in [2.24, 2.45) is 5.92 Å². The molecule has 2 aromatic carbocycles. The summed E-state index contributed by atoms with van der Waals surface area (Å²) in [4.78, 5) is 0. The van der Waals surface area contributed by atoms with Crippen LogP contribution in [0.1, 0.15) is 24.8 Å². The fourth-order valence-corrected chi connectivity index (χ4v) is 4.04. The zero-order valence-corrected chi connectivity index (χ0v) is 11.8. The van der Waals surface area contributed by atoms with Crippen molar-refractivity contribution in [2.45, 2.75) is 24.7 Å². The first-order valence-electron chi connectivity index (χ1n) is 7.50. The molecule has 0 amide bonds. The highest BCUT2D eigenvalue weighted by atomic mass is 16.3. The van der Waals surface area contributed by atoms with Gasteiger partial charge >= 0.3 is 0 Å². The van der Waals surface area contributed by atoms with Gasteiger partial charge in [0, 0.05) is 16.5 Å². The second kappa shape index (κ2) is 4.39. The number of aromatic hydroxyl groups is 2. The number of phenolic OH excluding ortho intramolecular Hbond substituents is 2. The van der Waals surface area contributed by atoms with Crippen LogP contribution in [0.2, 0.25) is 0 Å². The van der Waals surface area contributed by atoms with Gasteiger partial charge in [0.15, 0.2) is 0 Å². The second-order valence-corrected chi connectivity index (χ2v) is 6.24. The van der Waals surface area contributed by atoms with E-state index in [1.807, 2.05) is 30.3 Å². The lowest BCUT2D eigenvalue weighted by atomic mass is 9.75. The molecule has 106 valence electrons. The standard InChI is InChI=1S/C19H18O2/c20-15-6-7-16(21)18(17(15)14-4-2-1-3-5-14)19-10-8-13(12-19)9-11-19/h1-8,10,13,20-21H,9,11-12H2. The molecular weight excluding hydrogens is 260 g/mol. The van der Waals surface area contributed by atoms with Crippen LogP contribution in [0.25, 0.3) is 11.1 Å². The van der Waals surface area contributed by atoms with Crippen molar-refractivity contribution in [1.29, 1.82) is 0 Å². The van der Waals surface area contributed by atoms with Gasteiger partial charge in [-0.05, 0) is 42.9 Å². The van der Waals surface area contributed by atoms with Crippen LogP contribution in [-0.2, 0) is 5.41 Å². The Kier molecular flexibility index (Phi) is 2.61. The summed E-state index contributed by atoms with van der Waals surface area (Å²) in [5.41, 5.74) is 2.52. The Labute approximate surface area is 124 Å². The summed E-state index contributed by atoms with van der Waals surface area (Å²) >= 11 is 0. The Hall–Kier alpha value is -2.22. The van der Waals surface area contributed by atoms with E-state index in [-0.39, 0.29) is 11.2 Å². The van der Waals surface area contributed by atoms with Crippen molar-refractivity contribution in [1.82, 2.24) is 0 Å². The van der Waals surface area contributed by atoms with Crippen LogP contribution in [0, 0.1) is 5.92 Å². The summed E-state index contributed by atoms with van der Waals surface area (Å²) in [7, 11) is 0. The lowest BCUT2D eigenvalue weighted by molar-refractivity contribution is 0.435. The fourth-order valence-electron chi connectivity index (χ4n) is 4.04. The normalized spacial score (nSPS) is 26.4. The van der Waals surface area contributed by atoms with E-state index < -0.39 is 0 Å². The molecule has 4 rings (SSSR count). The molecule has 0 heterocycles. The Morgan fingerprint density at radius 3 is 2.33 bits per heavy atom. The largest absolute Gasteiger partial charge is 0.508 e. The van der Waals surface area contributed by atoms with Gasteiger partial charge in [0.05, 0.1) is 0 Å². The third-order valence-electron chi connectivity index (χ3n) is 5.00. The summed E-state index contributed by atoms with van der Waals surface area (Å²) < 4.78 is 0. The van der Waals surface area contributed by atoms with Crippen molar-refractivity contribution in [3.05, 3.63) is 60.2 Å². The van der Waals surface area contributed by atoms with Crippen LogP contribution in [0.5, 0.6) is 11.5 Å². The number of hydrogen-bond acceptors (Lipinski definition) is 2. The van der Waals surface area contributed by atoms with Gasteiger partial charge in [-0.3, -0.25) is 0 Å². The average molecular weight is 278 g/mol. The van der Waals surface area contributed by atoms with E-state index >= 15 is 0 Å². The van der Waals surface area contributed by atoms with E-state index in [0.29, 0.717) is 11.7 Å². The highest BCUT2D eigenvalue weighted by Crippen LogP contribution is 2.56. The molecule has 2 nitrogen and oxygen atoms in total. The van der Waals surface area contributed by atoms with E-state index in [9.17, 15) is 10.2 Å². The maximum atomic E-state index is 10.5. The van der Waals surface area contributed by atoms with Crippen molar-refractivity contribution < 1.29 is 10.2 Å². The molecule has 0 aliphatic heterocycles. The first-order chi connectivity index (χ1) is 10.2. The Morgan fingerprint density at radius 2 is 1.71 bits per heavy atom. The van der Waals surface area contributed by atoms with Gasteiger partial charge in [-0.2, -0.15) is 0 Å². The maximum absolute atomic E-state index is 10.5. The van der Waals surface area contributed by atoms with Crippen LogP contribution in [-0.4, -0.2) is 10.2 Å². The number of fused-ring (bicyclic) bond motifs is 2. The van der Waals surface area contributed by atoms with Gasteiger partial charge in [-0.1, -0.05) is 42.5 Å². The van der Waals surface area contributed by atoms with Crippen LogP contribution in [0.3, 0.4) is 0 Å². The molecule has 21 heavy (non-hydrogen) atoms. The smallest absolute Gasteiger partial charge is 0.123 e. The predicted molar refractivity (Wildman–Crippen MR) is 83.4 cm³/mol. The number of hydrogen-bond donors (Lipinski definition) is 2. The molecule has 2 unspecified atom stereocenters. The zero-order chi connectivity index (χ0) is 14.4. The molecular formula is C19H18O2. The summed E-state index contributed by atoms with van der Waals surface area (Å²) in [6, 6.07) is 13.1. The van der Waals surface area contributed by atoms with Gasteiger partial charge in [-0.15, -0.1) is 0 Å². The van der Waals surface area contributed by atoms with E-state index in [1.165, 1.54) is 6.42 Å². The van der Waals surface area contributed by atoms with Gasteiger partial charge in [0.2, 0.25) is 0 Å². The monoisotopic (exact) mass is 278 g/mol. The number of allylic oxidation sites excluding steroid dienone is 2. The molecule has 0 saturated heterocycles. The van der Waals surface area contributed by atoms with Gasteiger partial charge in [0.25, 0.3) is 0 Å². The topological polar surface area (TPSA) is 40.5 Å². The van der Waals surface area contributed by atoms with Crippen LogP contribution in [0.4, 0.5) is 0 Å².